The summed E-state index contributed by atoms with van der Waals surface area (Å²) in [6, 6.07) is 16.2. The Morgan fingerprint density at radius 3 is 2.14 bits per heavy atom. The summed E-state index contributed by atoms with van der Waals surface area (Å²) >= 11 is 0. The number of urea groups is 1. The molecule has 11 heteroatoms. The molecule has 0 spiro atoms. The van der Waals surface area contributed by atoms with Gasteiger partial charge in [-0.05, 0) is 109 Å². The molecule has 0 aromatic heterocycles. The normalized spacial score (nSPS) is 11.0. The van der Waals surface area contributed by atoms with Crippen molar-refractivity contribution in [2.24, 2.45) is 4.52 Å². The van der Waals surface area contributed by atoms with E-state index in [2.05, 4.69) is 46.0 Å². The van der Waals surface area contributed by atoms with Crippen LogP contribution in [0.25, 0.3) is 10.4 Å². The minimum absolute atomic E-state index is 0.132. The van der Waals surface area contributed by atoms with E-state index in [0.29, 0.717) is 29.5 Å². The number of phenolic OH excluding ortho intramolecular Hbond substituents is 1. The van der Waals surface area contributed by atoms with Crippen LogP contribution in [0.15, 0.2) is 70.1 Å². The maximum atomic E-state index is 12.4. The highest BCUT2D eigenvalue weighted by Crippen LogP contribution is 2.28. The Morgan fingerprint density at radius 2 is 1.48 bits per heavy atom. The molecular formula is C33H43N5O5S. The molecule has 0 saturated carbocycles. The molecule has 236 valence electrons. The Kier molecular flexibility index (Phi) is 13.9. The third kappa shape index (κ3) is 11.1. The van der Waals surface area contributed by atoms with E-state index in [1.54, 1.807) is 24.3 Å². The van der Waals surface area contributed by atoms with Gasteiger partial charge < -0.3 is 20.5 Å². The Hall–Kier alpha value is -4.21. The predicted octanol–water partition coefficient (Wildman–Crippen LogP) is 8.79. The molecule has 0 radical (unpaired) electrons. The summed E-state index contributed by atoms with van der Waals surface area (Å²) in [5.74, 6) is 1.35. The second-order valence-corrected chi connectivity index (χ2v) is 12.3. The van der Waals surface area contributed by atoms with Crippen molar-refractivity contribution in [3.05, 3.63) is 87.8 Å². The first-order chi connectivity index (χ1) is 21.2. The van der Waals surface area contributed by atoms with Crippen LogP contribution in [0.1, 0.15) is 81.9 Å². The molecule has 3 aromatic rings. The van der Waals surface area contributed by atoms with E-state index in [9.17, 15) is 18.3 Å². The van der Waals surface area contributed by atoms with E-state index < -0.39 is 10.0 Å². The van der Waals surface area contributed by atoms with Gasteiger partial charge in [-0.3, -0.25) is 0 Å². The second-order valence-electron chi connectivity index (χ2n) is 10.7. The lowest BCUT2D eigenvalue weighted by molar-refractivity contribution is 0.252. The lowest BCUT2D eigenvalue weighted by atomic mass is 9.95. The van der Waals surface area contributed by atoms with E-state index in [0.717, 1.165) is 49.7 Å². The topological polar surface area (TPSA) is 153 Å². The highest BCUT2D eigenvalue weighted by molar-refractivity contribution is 7.90. The summed E-state index contributed by atoms with van der Waals surface area (Å²) in [6.07, 6.45) is 11.7. The van der Waals surface area contributed by atoms with Crippen LogP contribution in [0.3, 0.4) is 0 Å². The molecular weight excluding hydrogens is 578 g/mol. The molecule has 0 saturated heterocycles. The van der Waals surface area contributed by atoms with Gasteiger partial charge in [0.1, 0.15) is 17.2 Å². The number of azide groups is 1. The molecule has 2 amide bonds. The van der Waals surface area contributed by atoms with Crippen LogP contribution in [-0.4, -0.2) is 26.1 Å². The summed E-state index contributed by atoms with van der Waals surface area (Å²) in [5, 5.41) is 16.4. The second kappa shape index (κ2) is 17.8. The molecule has 3 N–H and O–H groups in total. The lowest BCUT2D eigenvalue weighted by Crippen LogP contribution is -2.29. The van der Waals surface area contributed by atoms with Crippen molar-refractivity contribution >= 4 is 21.7 Å². The first-order valence-electron chi connectivity index (χ1n) is 15.3. The molecule has 3 aromatic carbocycles. The van der Waals surface area contributed by atoms with E-state index in [-0.39, 0.29) is 10.9 Å². The number of nitrogens with one attached hydrogen (secondary N) is 2. The van der Waals surface area contributed by atoms with Crippen molar-refractivity contribution in [3.8, 4) is 17.2 Å². The number of hydrogen-bond donors (Lipinski definition) is 3. The Balaban J connectivity index is 1.40. The number of anilines is 1. The number of unbranched alkanes of at least 4 members (excludes halogenated alkanes) is 6. The molecule has 0 atom stereocenters. The zero-order valence-electron chi connectivity index (χ0n) is 25.6. The molecule has 44 heavy (non-hydrogen) atoms. The van der Waals surface area contributed by atoms with Gasteiger partial charge in [-0.1, -0.05) is 58.1 Å². The number of carbonyl (C=O) groups excluding carboxylic acids is 1. The lowest BCUT2D eigenvalue weighted by Gasteiger charge is -2.13. The smallest absolute Gasteiger partial charge is 0.319 e. The van der Waals surface area contributed by atoms with Crippen molar-refractivity contribution in [1.29, 1.82) is 0 Å². The first-order valence-corrected chi connectivity index (χ1v) is 16.8. The van der Waals surface area contributed by atoms with E-state index in [4.69, 9.17) is 10.3 Å². The maximum Gasteiger partial charge on any atom is 0.319 e. The number of nitrogens with zero attached hydrogens (tertiary/aromatic N) is 3. The fourth-order valence-electron chi connectivity index (χ4n) is 4.88. The van der Waals surface area contributed by atoms with Crippen molar-refractivity contribution in [1.82, 2.24) is 5.32 Å². The third-order valence-corrected chi connectivity index (χ3v) is 8.46. The number of phenols is 1. The molecule has 0 heterocycles. The van der Waals surface area contributed by atoms with E-state index in [1.165, 1.54) is 61.9 Å². The molecule has 10 nitrogen and oxygen atoms in total. The summed E-state index contributed by atoms with van der Waals surface area (Å²) in [4.78, 5) is 14.6. The van der Waals surface area contributed by atoms with Gasteiger partial charge in [0, 0.05) is 21.7 Å². The van der Waals surface area contributed by atoms with Crippen LogP contribution in [0.5, 0.6) is 17.2 Å². The van der Waals surface area contributed by atoms with Crippen molar-refractivity contribution in [2.45, 2.75) is 89.4 Å². The summed E-state index contributed by atoms with van der Waals surface area (Å²) in [7, 11) is -4.05. The number of hydrogen-bond acceptors (Lipinski definition) is 5. The average Bonchev–Trinajstić information content (AvgIpc) is 3.01. The highest BCUT2D eigenvalue weighted by atomic mass is 32.2. The summed E-state index contributed by atoms with van der Waals surface area (Å²) in [6.45, 7) is 4.84. The predicted molar refractivity (Wildman–Crippen MR) is 174 cm³/mol. The Bertz CT molecular complexity index is 1500. The number of aryl methyl sites for hydroxylation is 3. The fraction of sp³-hybridized carbons (Fsp3) is 0.424. The molecule has 3 rings (SSSR count). The first kappa shape index (κ1) is 34.3. The minimum atomic E-state index is -4.05. The largest absolute Gasteiger partial charge is 0.507 e. The summed E-state index contributed by atoms with van der Waals surface area (Å²) < 4.78 is 32.1. The van der Waals surface area contributed by atoms with Crippen LogP contribution in [0, 0.1) is 0 Å². The van der Waals surface area contributed by atoms with Crippen molar-refractivity contribution in [3.63, 3.8) is 0 Å². The molecule has 0 fully saturated rings. The fourth-order valence-corrected chi connectivity index (χ4v) is 5.55. The number of ether oxygens (including phenoxy) is 1. The maximum absolute atomic E-state index is 12.4. The third-order valence-electron chi connectivity index (χ3n) is 7.30. The van der Waals surface area contributed by atoms with Crippen LogP contribution >= 0.6 is 0 Å². The van der Waals surface area contributed by atoms with Gasteiger partial charge in [0.15, 0.2) is 0 Å². The van der Waals surface area contributed by atoms with Gasteiger partial charge in [-0.25, -0.2) is 13.2 Å². The SMILES string of the molecule is CCCCCCCCc1cc(CCCCNC(=O)Nc2ccc(Oc3ccc(S(=O)(=O)N=[N+]=[N-])cc3)cc2)cc(CC)c1O. The molecule has 0 unspecified atom stereocenters. The van der Waals surface area contributed by atoms with Gasteiger partial charge in [0.2, 0.25) is 0 Å². The molecule has 0 aliphatic heterocycles. The van der Waals surface area contributed by atoms with Crippen molar-refractivity contribution < 1.29 is 23.1 Å². The molecule has 0 aliphatic carbocycles. The number of aromatic hydroxyl groups is 1. The van der Waals surface area contributed by atoms with Gasteiger partial charge in [-0.15, -0.1) is 0 Å². The highest BCUT2D eigenvalue weighted by Gasteiger charge is 2.12. The van der Waals surface area contributed by atoms with Crippen LogP contribution < -0.4 is 15.4 Å². The number of amides is 2. The van der Waals surface area contributed by atoms with Gasteiger partial charge in [0.25, 0.3) is 10.0 Å². The monoisotopic (exact) mass is 621 g/mol. The van der Waals surface area contributed by atoms with Crippen LogP contribution in [0.4, 0.5) is 10.5 Å². The minimum Gasteiger partial charge on any atom is -0.507 e. The van der Waals surface area contributed by atoms with Gasteiger partial charge >= 0.3 is 6.03 Å². The number of benzene rings is 3. The van der Waals surface area contributed by atoms with E-state index in [1.807, 2.05) is 0 Å². The number of sulfonamides is 1. The molecule has 0 aliphatic rings. The standard InChI is InChI=1S/C33H43N5O5S/c1-3-5-6-7-8-9-13-27-24-25(23-26(4-2)32(27)39)12-10-11-22-35-33(40)36-28-14-16-29(17-15-28)43-30-18-20-31(21-19-30)44(41,42)38-37-34/h14-21,23-24,39H,3-13,22H2,1-2H3,(H2,35,36,40). The zero-order valence-corrected chi connectivity index (χ0v) is 26.4. The zero-order chi connectivity index (χ0) is 31.8. The van der Waals surface area contributed by atoms with Gasteiger partial charge in [-0.2, -0.15) is 0 Å². The van der Waals surface area contributed by atoms with Crippen LogP contribution in [-0.2, 0) is 29.3 Å². The number of carbonyl (C=O) groups is 1. The van der Waals surface area contributed by atoms with Gasteiger partial charge in [0.05, 0.1) is 4.90 Å². The number of rotatable bonds is 18. The summed E-state index contributed by atoms with van der Waals surface area (Å²) in [5.41, 5.74) is 12.3. The Labute approximate surface area is 260 Å². The quantitative estimate of drug-likeness (QED) is 0.0560. The van der Waals surface area contributed by atoms with E-state index >= 15 is 0 Å². The molecule has 0 bridgehead atoms. The van der Waals surface area contributed by atoms with Crippen LogP contribution in [0.2, 0.25) is 0 Å². The van der Waals surface area contributed by atoms with Crippen molar-refractivity contribution in [2.75, 3.05) is 11.9 Å². The Morgan fingerprint density at radius 1 is 0.864 bits per heavy atom. The average molecular weight is 622 g/mol.